The summed E-state index contributed by atoms with van der Waals surface area (Å²) in [4.78, 5) is 15.8. The number of fused-ring (bicyclic) bond motifs is 1. The van der Waals surface area contributed by atoms with Crippen molar-refractivity contribution in [1.29, 1.82) is 0 Å². The Balaban J connectivity index is 2.28. The van der Waals surface area contributed by atoms with E-state index in [2.05, 4.69) is 4.98 Å². The molecule has 0 saturated heterocycles. The fraction of sp³-hybridized carbons (Fsp3) is 0.400. The molecule has 0 aromatic carbocycles. The molecule has 2 aromatic rings. The van der Waals surface area contributed by atoms with Gasteiger partial charge in [-0.3, -0.25) is 13.7 Å². The maximum absolute atomic E-state index is 11.8. The first kappa shape index (κ1) is 10.3. The summed E-state index contributed by atoms with van der Waals surface area (Å²) >= 11 is 1.43. The van der Waals surface area contributed by atoms with Gasteiger partial charge in [0, 0.05) is 25.5 Å². The quantitative estimate of drug-likeness (QED) is 0.795. The van der Waals surface area contributed by atoms with E-state index in [0.717, 1.165) is 22.9 Å². The van der Waals surface area contributed by atoms with Gasteiger partial charge in [0.1, 0.15) is 0 Å². The van der Waals surface area contributed by atoms with Gasteiger partial charge in [-0.05, 0) is 18.9 Å². The van der Waals surface area contributed by atoms with Gasteiger partial charge >= 0.3 is 0 Å². The van der Waals surface area contributed by atoms with Crippen LogP contribution in [0, 0.1) is 0 Å². The van der Waals surface area contributed by atoms with E-state index in [4.69, 9.17) is 5.11 Å². The summed E-state index contributed by atoms with van der Waals surface area (Å²) in [7, 11) is 0. The molecule has 0 unspecified atom stereocenters. The molecule has 2 rings (SSSR count). The van der Waals surface area contributed by atoms with Crippen LogP contribution in [-0.4, -0.2) is 20.7 Å². The highest BCUT2D eigenvalue weighted by Gasteiger charge is 2.05. The van der Waals surface area contributed by atoms with Crippen molar-refractivity contribution < 1.29 is 5.11 Å². The van der Waals surface area contributed by atoms with E-state index in [1.54, 1.807) is 22.4 Å². The van der Waals surface area contributed by atoms with Crippen molar-refractivity contribution in [3.8, 4) is 0 Å². The lowest BCUT2D eigenvalue weighted by Crippen LogP contribution is -2.13. The normalized spacial score (nSPS) is 11.0. The number of aromatic nitrogens is 2. The minimum absolute atomic E-state index is 0.0512. The van der Waals surface area contributed by atoms with E-state index in [9.17, 15) is 4.79 Å². The Labute approximate surface area is 91.0 Å². The lowest BCUT2D eigenvalue weighted by atomic mass is 10.3. The van der Waals surface area contributed by atoms with Crippen molar-refractivity contribution in [1.82, 2.24) is 8.94 Å². The summed E-state index contributed by atoms with van der Waals surface area (Å²) in [5, 5.41) is 9.39. The molecule has 0 radical (unpaired) electrons. The van der Waals surface area contributed by atoms with Gasteiger partial charge in [0.05, 0.1) is 10.1 Å². The van der Waals surface area contributed by atoms with Crippen molar-refractivity contribution in [2.24, 2.45) is 0 Å². The number of rotatable bonds is 4. The van der Waals surface area contributed by atoms with Crippen LogP contribution >= 0.6 is 11.5 Å². The molecule has 2 heterocycles. The first-order valence-corrected chi connectivity index (χ1v) is 5.65. The average molecular weight is 224 g/mol. The summed E-state index contributed by atoms with van der Waals surface area (Å²) in [6.07, 6.45) is 4.91. The van der Waals surface area contributed by atoms with Crippen molar-refractivity contribution in [2.45, 2.75) is 19.4 Å². The molecule has 2 aromatic heterocycles. The van der Waals surface area contributed by atoms with Crippen molar-refractivity contribution in [3.63, 3.8) is 0 Å². The largest absolute Gasteiger partial charge is 0.396 e. The third-order valence-electron chi connectivity index (χ3n) is 2.22. The smallest absolute Gasteiger partial charge is 0.268 e. The molecule has 0 amide bonds. The molecular weight excluding hydrogens is 212 g/mol. The van der Waals surface area contributed by atoms with Crippen LogP contribution in [0.4, 0.5) is 0 Å². The average Bonchev–Trinajstić information content (AvgIpc) is 2.57. The summed E-state index contributed by atoms with van der Waals surface area (Å²) in [5.41, 5.74) is 0.0512. The molecule has 1 N–H and O–H groups in total. The van der Waals surface area contributed by atoms with E-state index in [0.29, 0.717) is 6.54 Å². The van der Waals surface area contributed by atoms with Crippen molar-refractivity contribution in [3.05, 3.63) is 28.8 Å². The highest BCUT2D eigenvalue weighted by Crippen LogP contribution is 2.14. The maximum Gasteiger partial charge on any atom is 0.268 e. The van der Waals surface area contributed by atoms with Gasteiger partial charge < -0.3 is 5.11 Å². The van der Waals surface area contributed by atoms with Crippen LogP contribution in [-0.2, 0) is 6.54 Å². The lowest BCUT2D eigenvalue weighted by molar-refractivity contribution is 0.282. The molecule has 0 fully saturated rings. The van der Waals surface area contributed by atoms with E-state index >= 15 is 0 Å². The zero-order valence-corrected chi connectivity index (χ0v) is 9.04. The maximum atomic E-state index is 11.8. The Morgan fingerprint density at radius 2 is 2.33 bits per heavy atom. The summed E-state index contributed by atoms with van der Waals surface area (Å²) < 4.78 is 2.65. The molecule has 0 aliphatic carbocycles. The molecule has 0 aliphatic rings. The molecule has 0 saturated carbocycles. The zero-order valence-electron chi connectivity index (χ0n) is 8.22. The molecule has 4 nitrogen and oxygen atoms in total. The molecule has 5 heteroatoms. The summed E-state index contributed by atoms with van der Waals surface area (Å²) in [6.45, 7) is 0.861. The van der Waals surface area contributed by atoms with Crippen molar-refractivity contribution >= 4 is 21.6 Å². The van der Waals surface area contributed by atoms with E-state index in [1.165, 1.54) is 11.5 Å². The molecule has 15 heavy (non-hydrogen) atoms. The monoisotopic (exact) mass is 224 g/mol. The van der Waals surface area contributed by atoms with Crippen LogP contribution < -0.4 is 5.56 Å². The van der Waals surface area contributed by atoms with Crippen molar-refractivity contribution in [2.75, 3.05) is 6.61 Å². The number of unbranched alkanes of at least 4 members (excludes halogenated alkanes) is 1. The van der Waals surface area contributed by atoms with Gasteiger partial charge in [0.2, 0.25) is 0 Å². The Hall–Kier alpha value is -1.20. The number of aryl methyl sites for hydroxylation is 1. The Morgan fingerprint density at radius 1 is 1.47 bits per heavy atom. The van der Waals surface area contributed by atoms with Crippen LogP contribution in [0.15, 0.2) is 23.3 Å². The molecule has 80 valence electrons. The Bertz CT molecular complexity index is 503. The number of aliphatic hydroxyl groups excluding tert-OH is 1. The first-order valence-electron chi connectivity index (χ1n) is 4.87. The predicted octanol–water partition coefficient (Wildman–Crippen LogP) is 1.23. The second kappa shape index (κ2) is 4.55. The van der Waals surface area contributed by atoms with Gasteiger partial charge in [-0.1, -0.05) is 11.5 Å². The number of nitrogens with zero attached hydrogens (tertiary/aromatic N) is 2. The second-order valence-electron chi connectivity index (χ2n) is 3.30. The van der Waals surface area contributed by atoms with Crippen LogP contribution in [0.3, 0.4) is 0 Å². The number of hydrogen-bond donors (Lipinski definition) is 1. The highest BCUT2D eigenvalue weighted by atomic mass is 32.1. The minimum Gasteiger partial charge on any atom is -0.396 e. The molecule has 0 bridgehead atoms. The third-order valence-corrected chi connectivity index (χ3v) is 3.31. The van der Waals surface area contributed by atoms with Crippen LogP contribution in [0.1, 0.15) is 12.8 Å². The molecule has 0 spiro atoms. The topological polar surface area (TPSA) is 55.1 Å². The van der Waals surface area contributed by atoms with E-state index in [1.807, 2.05) is 0 Å². The Kier molecular flexibility index (Phi) is 3.13. The molecule has 0 atom stereocenters. The van der Waals surface area contributed by atoms with E-state index in [-0.39, 0.29) is 12.2 Å². The summed E-state index contributed by atoms with van der Waals surface area (Å²) in [6, 6.07) is 1.75. The van der Waals surface area contributed by atoms with E-state index < -0.39 is 0 Å². The zero-order chi connectivity index (χ0) is 10.7. The third kappa shape index (κ3) is 2.08. The van der Waals surface area contributed by atoms with Crippen LogP contribution in [0.25, 0.3) is 10.1 Å². The highest BCUT2D eigenvalue weighted by molar-refractivity contribution is 7.13. The first-order chi connectivity index (χ1) is 7.33. The van der Waals surface area contributed by atoms with Gasteiger partial charge in [0.25, 0.3) is 5.56 Å². The minimum atomic E-state index is 0.0512. The fourth-order valence-corrected chi connectivity index (χ4v) is 2.44. The van der Waals surface area contributed by atoms with Crippen LogP contribution in [0.2, 0.25) is 0 Å². The van der Waals surface area contributed by atoms with Gasteiger partial charge in [-0.15, -0.1) is 0 Å². The summed E-state index contributed by atoms with van der Waals surface area (Å²) in [5.74, 6) is 0. The van der Waals surface area contributed by atoms with Gasteiger partial charge in [-0.25, -0.2) is 0 Å². The second-order valence-corrected chi connectivity index (χ2v) is 4.36. The molecular formula is C10H12N2O2S. The molecule has 0 aliphatic heterocycles. The fourth-order valence-electron chi connectivity index (χ4n) is 1.44. The standard InChI is InChI=1S/C10H12N2O2S/c13-6-2-1-5-12-10(14)8-3-4-11-7-9(8)15-12/h3-4,7,13H,1-2,5-6H2. The van der Waals surface area contributed by atoms with Gasteiger partial charge in [-0.2, -0.15) is 0 Å². The van der Waals surface area contributed by atoms with Gasteiger partial charge in [0.15, 0.2) is 0 Å². The number of hydrogen-bond acceptors (Lipinski definition) is 4. The SMILES string of the molecule is O=c1c2ccncc2sn1CCCCO. The number of aliphatic hydroxyl groups is 1. The predicted molar refractivity (Wildman–Crippen MR) is 60.2 cm³/mol. The Morgan fingerprint density at radius 3 is 3.07 bits per heavy atom. The van der Waals surface area contributed by atoms with Crippen LogP contribution in [0.5, 0.6) is 0 Å². The lowest BCUT2D eigenvalue weighted by Gasteiger charge is -1.97. The number of pyridine rings is 1.